The van der Waals surface area contributed by atoms with Crippen molar-refractivity contribution in [1.82, 2.24) is 20.8 Å². The summed E-state index contributed by atoms with van der Waals surface area (Å²) in [5, 5.41) is 15.0. The zero-order valence-corrected chi connectivity index (χ0v) is 11.8. The highest BCUT2D eigenvalue weighted by atomic mass is 32.1. The molecule has 7 heteroatoms. The van der Waals surface area contributed by atoms with Crippen molar-refractivity contribution in [3.63, 3.8) is 0 Å². The van der Waals surface area contributed by atoms with E-state index >= 15 is 0 Å². The molecule has 2 amide bonds. The maximum atomic E-state index is 11.8. The third-order valence-electron chi connectivity index (χ3n) is 2.25. The maximum absolute atomic E-state index is 11.8. The molecule has 0 aromatic carbocycles. The Morgan fingerprint density at radius 2 is 2.00 bits per heavy atom. The zero-order valence-electron chi connectivity index (χ0n) is 11.0. The molecule has 0 saturated carbocycles. The van der Waals surface area contributed by atoms with Gasteiger partial charge in [-0.3, -0.25) is 9.59 Å². The number of nitrogens with zero attached hydrogens (tertiary/aromatic N) is 2. The molecule has 100 valence electrons. The van der Waals surface area contributed by atoms with E-state index in [-0.39, 0.29) is 11.8 Å². The first-order chi connectivity index (χ1) is 8.31. The van der Waals surface area contributed by atoms with E-state index in [0.29, 0.717) is 13.0 Å². The minimum Gasteiger partial charge on any atom is -0.354 e. The topological polar surface area (TPSA) is 84.0 Å². The minimum absolute atomic E-state index is 0.209. The fourth-order valence-corrected chi connectivity index (χ4v) is 2.15. The molecule has 0 unspecified atom stereocenters. The highest BCUT2D eigenvalue weighted by molar-refractivity contribution is 7.11. The average molecular weight is 270 g/mol. The molecule has 0 aliphatic heterocycles. The van der Waals surface area contributed by atoms with Crippen molar-refractivity contribution in [2.75, 3.05) is 6.54 Å². The zero-order chi connectivity index (χ0) is 13.8. The first kappa shape index (κ1) is 14.6. The van der Waals surface area contributed by atoms with Gasteiger partial charge in [-0.15, -0.1) is 21.5 Å². The van der Waals surface area contributed by atoms with Crippen molar-refractivity contribution < 1.29 is 9.59 Å². The number of carbonyl (C=O) groups excluding carboxylic acids is 2. The van der Waals surface area contributed by atoms with Crippen molar-refractivity contribution in [1.29, 1.82) is 0 Å². The van der Waals surface area contributed by atoms with Crippen LogP contribution in [0, 0.1) is 6.92 Å². The Bertz CT molecular complexity index is 442. The highest BCUT2D eigenvalue weighted by Crippen LogP contribution is 2.08. The van der Waals surface area contributed by atoms with Crippen LogP contribution in [0.1, 0.15) is 30.8 Å². The van der Waals surface area contributed by atoms with E-state index in [1.807, 2.05) is 6.92 Å². The summed E-state index contributed by atoms with van der Waals surface area (Å²) >= 11 is 1.51. The summed E-state index contributed by atoms with van der Waals surface area (Å²) in [7, 11) is 0. The van der Waals surface area contributed by atoms with Crippen molar-refractivity contribution in [3.05, 3.63) is 10.0 Å². The van der Waals surface area contributed by atoms with Gasteiger partial charge in [-0.1, -0.05) is 0 Å². The Morgan fingerprint density at radius 3 is 2.50 bits per heavy atom. The largest absolute Gasteiger partial charge is 0.354 e. The van der Waals surface area contributed by atoms with Gasteiger partial charge in [0.1, 0.15) is 15.6 Å². The van der Waals surface area contributed by atoms with Gasteiger partial charge in [0.05, 0.1) is 0 Å². The third kappa shape index (κ3) is 4.40. The summed E-state index contributed by atoms with van der Waals surface area (Å²) in [5.74, 6) is -0.436. The van der Waals surface area contributed by atoms with Crippen LogP contribution in [0.5, 0.6) is 0 Å². The molecule has 0 saturated heterocycles. The van der Waals surface area contributed by atoms with Gasteiger partial charge in [0.25, 0.3) is 0 Å². The minimum atomic E-state index is -0.900. The molecule has 1 aromatic rings. The van der Waals surface area contributed by atoms with Crippen molar-refractivity contribution in [3.8, 4) is 0 Å². The molecule has 0 aliphatic rings. The predicted molar refractivity (Wildman–Crippen MR) is 69.3 cm³/mol. The lowest BCUT2D eigenvalue weighted by atomic mass is 10.0. The van der Waals surface area contributed by atoms with E-state index in [1.165, 1.54) is 18.3 Å². The molecule has 1 heterocycles. The normalized spacial score (nSPS) is 11.1. The summed E-state index contributed by atoms with van der Waals surface area (Å²) in [4.78, 5) is 22.8. The van der Waals surface area contributed by atoms with Crippen LogP contribution in [-0.2, 0) is 16.0 Å². The van der Waals surface area contributed by atoms with Crippen LogP contribution < -0.4 is 10.6 Å². The van der Waals surface area contributed by atoms with Gasteiger partial charge in [0, 0.05) is 19.9 Å². The Kier molecular flexibility index (Phi) is 4.77. The van der Waals surface area contributed by atoms with Crippen LogP contribution in [-0.4, -0.2) is 34.1 Å². The van der Waals surface area contributed by atoms with Gasteiger partial charge in [0.15, 0.2) is 0 Å². The fourth-order valence-electron chi connectivity index (χ4n) is 1.44. The summed E-state index contributed by atoms with van der Waals surface area (Å²) < 4.78 is 0. The Balaban J connectivity index is 2.39. The summed E-state index contributed by atoms with van der Waals surface area (Å²) in [6.07, 6.45) is 0.646. The monoisotopic (exact) mass is 270 g/mol. The molecule has 0 radical (unpaired) electrons. The summed E-state index contributed by atoms with van der Waals surface area (Å²) in [6.45, 7) is 7.09. The Labute approximate surface area is 110 Å². The molecule has 0 fully saturated rings. The van der Waals surface area contributed by atoms with Crippen LogP contribution >= 0.6 is 11.3 Å². The van der Waals surface area contributed by atoms with Gasteiger partial charge in [-0.25, -0.2) is 0 Å². The molecular weight excluding hydrogens is 252 g/mol. The number of hydrogen-bond donors (Lipinski definition) is 2. The SMILES string of the molecule is CC(=O)NC(C)(C)C(=O)NCCc1nnc(C)s1. The second-order valence-electron chi connectivity index (χ2n) is 4.53. The lowest BCUT2D eigenvalue weighted by Gasteiger charge is -2.24. The van der Waals surface area contributed by atoms with E-state index in [1.54, 1.807) is 13.8 Å². The second kappa shape index (κ2) is 5.90. The van der Waals surface area contributed by atoms with E-state index in [9.17, 15) is 9.59 Å². The molecule has 1 rings (SSSR count). The molecule has 2 N–H and O–H groups in total. The maximum Gasteiger partial charge on any atom is 0.245 e. The molecule has 1 aromatic heterocycles. The predicted octanol–water partition coefficient (Wildman–Crippen LogP) is 0.420. The first-order valence-corrected chi connectivity index (χ1v) is 6.49. The van der Waals surface area contributed by atoms with Gasteiger partial charge < -0.3 is 10.6 Å². The number of aryl methyl sites for hydroxylation is 1. The van der Waals surface area contributed by atoms with E-state index < -0.39 is 5.54 Å². The Morgan fingerprint density at radius 1 is 1.33 bits per heavy atom. The molecule has 0 spiro atoms. The standard InChI is InChI=1S/C11H18N4O2S/c1-7(16)13-11(3,4)10(17)12-6-5-9-15-14-8(2)18-9/h5-6H2,1-4H3,(H,12,17)(H,13,16). The molecular formula is C11H18N4O2S. The number of amides is 2. The van der Waals surface area contributed by atoms with E-state index in [2.05, 4.69) is 20.8 Å². The van der Waals surface area contributed by atoms with Crippen molar-refractivity contribution in [2.45, 2.75) is 39.7 Å². The summed E-state index contributed by atoms with van der Waals surface area (Å²) in [6, 6.07) is 0. The first-order valence-electron chi connectivity index (χ1n) is 5.67. The molecule has 0 aliphatic carbocycles. The molecule has 18 heavy (non-hydrogen) atoms. The van der Waals surface area contributed by atoms with Crippen molar-refractivity contribution >= 4 is 23.2 Å². The molecule has 0 atom stereocenters. The number of aromatic nitrogens is 2. The van der Waals surface area contributed by atoms with E-state index in [0.717, 1.165) is 10.0 Å². The van der Waals surface area contributed by atoms with Gasteiger partial charge >= 0.3 is 0 Å². The molecule has 6 nitrogen and oxygen atoms in total. The third-order valence-corrected chi connectivity index (χ3v) is 3.15. The Hall–Kier alpha value is -1.50. The van der Waals surface area contributed by atoms with Crippen LogP contribution in [0.25, 0.3) is 0 Å². The summed E-state index contributed by atoms with van der Waals surface area (Å²) in [5.41, 5.74) is -0.900. The van der Waals surface area contributed by atoms with Crippen molar-refractivity contribution in [2.24, 2.45) is 0 Å². The van der Waals surface area contributed by atoms with Crippen LogP contribution in [0.4, 0.5) is 0 Å². The average Bonchev–Trinajstić information content (AvgIpc) is 2.62. The smallest absolute Gasteiger partial charge is 0.245 e. The fraction of sp³-hybridized carbons (Fsp3) is 0.636. The lowest BCUT2D eigenvalue weighted by Crippen LogP contribution is -2.54. The van der Waals surface area contributed by atoms with Gasteiger partial charge in [-0.2, -0.15) is 0 Å². The van der Waals surface area contributed by atoms with Crippen LogP contribution in [0.15, 0.2) is 0 Å². The quantitative estimate of drug-likeness (QED) is 0.812. The van der Waals surface area contributed by atoms with Gasteiger partial charge in [0.2, 0.25) is 11.8 Å². The number of carbonyl (C=O) groups is 2. The second-order valence-corrected chi connectivity index (χ2v) is 5.79. The van der Waals surface area contributed by atoms with E-state index in [4.69, 9.17) is 0 Å². The number of hydrogen-bond acceptors (Lipinski definition) is 5. The number of rotatable bonds is 5. The van der Waals surface area contributed by atoms with Crippen LogP contribution in [0.2, 0.25) is 0 Å². The van der Waals surface area contributed by atoms with Crippen LogP contribution in [0.3, 0.4) is 0 Å². The molecule has 0 bridgehead atoms. The highest BCUT2D eigenvalue weighted by Gasteiger charge is 2.27. The lowest BCUT2D eigenvalue weighted by molar-refractivity contribution is -0.131. The van der Waals surface area contributed by atoms with Gasteiger partial charge in [-0.05, 0) is 20.8 Å². The number of nitrogens with one attached hydrogen (secondary N) is 2.